The van der Waals surface area contributed by atoms with Gasteiger partial charge in [0.25, 0.3) is 0 Å². The van der Waals surface area contributed by atoms with Gasteiger partial charge in [-0.15, -0.1) is 0 Å². The van der Waals surface area contributed by atoms with Crippen LogP contribution in [0.1, 0.15) is 107 Å². The summed E-state index contributed by atoms with van der Waals surface area (Å²) in [6.45, 7) is 22.4. The third-order valence-corrected chi connectivity index (χ3v) is 2.55. The molecule has 2 heteroatoms. The minimum absolute atomic E-state index is 0.167. The van der Waals surface area contributed by atoms with Crippen LogP contribution in [0.25, 0.3) is 0 Å². The number of rotatable bonds is 8. The Bertz CT molecular complexity index is 284. The number of aliphatic imine (C=N–C) groups is 1. The van der Waals surface area contributed by atoms with Gasteiger partial charge in [-0.1, -0.05) is 87.1 Å². The van der Waals surface area contributed by atoms with Crippen LogP contribution in [0.5, 0.6) is 0 Å². The van der Waals surface area contributed by atoms with Crippen LogP contribution in [-0.4, -0.2) is 19.0 Å². The second kappa shape index (κ2) is 27.9. The van der Waals surface area contributed by atoms with E-state index in [1.165, 1.54) is 52.4 Å². The highest BCUT2D eigenvalue weighted by molar-refractivity contribution is 5.77. The number of Topliss-reactive ketones (excluding diaryl/α,β-unsaturated/α-hetero) is 1. The molecule has 0 saturated carbocycles. The van der Waals surface area contributed by atoms with E-state index in [1.807, 2.05) is 6.21 Å². The fourth-order valence-corrected chi connectivity index (χ4v) is 1.45. The number of carbonyl (C=O) groups is 1. The maximum atomic E-state index is 9.44. The van der Waals surface area contributed by atoms with Gasteiger partial charge in [0.2, 0.25) is 0 Å². The van der Waals surface area contributed by atoms with E-state index in [-0.39, 0.29) is 5.78 Å². The Kier molecular flexibility index (Phi) is 35.5. The van der Waals surface area contributed by atoms with Crippen molar-refractivity contribution in [2.24, 2.45) is 16.8 Å². The van der Waals surface area contributed by atoms with E-state index in [0.29, 0.717) is 0 Å². The Morgan fingerprint density at radius 3 is 1.64 bits per heavy atom. The molecule has 0 spiro atoms. The molecule has 0 aliphatic rings. The average Bonchev–Trinajstić information content (AvgIpc) is 2.45. The third-order valence-electron chi connectivity index (χ3n) is 2.55. The molecule has 0 aliphatic heterocycles. The van der Waals surface area contributed by atoms with Crippen molar-refractivity contribution in [1.29, 1.82) is 0 Å². The summed E-state index contributed by atoms with van der Waals surface area (Å²) >= 11 is 0. The van der Waals surface area contributed by atoms with Crippen LogP contribution in [-0.2, 0) is 4.79 Å². The van der Waals surface area contributed by atoms with E-state index < -0.39 is 0 Å². The fraction of sp³-hybridized carbons (Fsp3) is 0.826. The molecule has 0 N–H and O–H groups in total. The van der Waals surface area contributed by atoms with Gasteiger partial charge in [-0.05, 0) is 44.1 Å². The van der Waals surface area contributed by atoms with Crippen LogP contribution in [0.3, 0.4) is 0 Å². The summed E-state index contributed by atoms with van der Waals surface area (Å²) in [5.41, 5.74) is 1.14. The van der Waals surface area contributed by atoms with Crippen LogP contribution in [0.2, 0.25) is 0 Å². The smallest absolute Gasteiger partial charge is 0.126 e. The summed E-state index contributed by atoms with van der Waals surface area (Å²) < 4.78 is 0. The van der Waals surface area contributed by atoms with Gasteiger partial charge in [0.15, 0.2) is 0 Å². The zero-order valence-corrected chi connectivity index (χ0v) is 19.2. The van der Waals surface area contributed by atoms with Crippen molar-refractivity contribution < 1.29 is 4.79 Å². The Hall–Kier alpha value is -0.920. The molecular formula is C23H49NO. The summed E-state index contributed by atoms with van der Waals surface area (Å²) in [5.74, 6) is 1.90. The van der Waals surface area contributed by atoms with Crippen molar-refractivity contribution in [2.45, 2.75) is 107 Å². The first-order valence-corrected chi connectivity index (χ1v) is 10.1. The van der Waals surface area contributed by atoms with Gasteiger partial charge >= 0.3 is 0 Å². The molecule has 0 fully saturated rings. The lowest BCUT2D eigenvalue weighted by Crippen LogP contribution is -1.85. The van der Waals surface area contributed by atoms with E-state index in [2.05, 4.69) is 60.0 Å². The van der Waals surface area contributed by atoms with E-state index >= 15 is 0 Å². The quantitative estimate of drug-likeness (QED) is 0.321. The second-order valence-corrected chi connectivity index (χ2v) is 7.68. The van der Waals surface area contributed by atoms with Crippen LogP contribution < -0.4 is 0 Å². The molecule has 0 heterocycles. The number of hydrogen-bond donors (Lipinski definition) is 0. The molecule has 2 nitrogen and oxygen atoms in total. The standard InChI is InChI=1S/C8H15N.C8H18.C4H10.C3H6O/c1-4-5-6-8(2)7-9-3;1-4-5-6-7-8(2)3;1-4(2)3;1-3(2)4/h7H,2,4-6H2,1,3H3;8H,4-7H2,1-3H3;4H,1-3H3;1-2H3. The lowest BCUT2D eigenvalue weighted by molar-refractivity contribution is -0.114. The number of carbonyl (C=O) groups excluding carboxylic acids is 1. The molecule has 0 bridgehead atoms. The number of allylic oxidation sites excluding steroid dienone is 1. The predicted octanol–water partition coefficient (Wildman–Crippen LogP) is 7.91. The van der Waals surface area contributed by atoms with Crippen LogP contribution in [0.4, 0.5) is 0 Å². The Morgan fingerprint density at radius 2 is 1.36 bits per heavy atom. The van der Waals surface area contributed by atoms with E-state index in [4.69, 9.17) is 0 Å². The maximum absolute atomic E-state index is 9.44. The number of ketones is 1. The summed E-state index contributed by atoms with van der Waals surface area (Å²) in [5, 5.41) is 0. The molecule has 25 heavy (non-hydrogen) atoms. The molecule has 0 radical (unpaired) electrons. The van der Waals surface area contributed by atoms with Gasteiger partial charge in [0, 0.05) is 13.3 Å². The monoisotopic (exact) mass is 355 g/mol. The zero-order valence-electron chi connectivity index (χ0n) is 19.2. The van der Waals surface area contributed by atoms with Crippen molar-refractivity contribution in [1.82, 2.24) is 0 Å². The van der Waals surface area contributed by atoms with Gasteiger partial charge in [0.1, 0.15) is 5.78 Å². The van der Waals surface area contributed by atoms with E-state index in [1.54, 1.807) is 7.05 Å². The summed E-state index contributed by atoms with van der Waals surface area (Å²) in [4.78, 5) is 13.3. The summed E-state index contributed by atoms with van der Waals surface area (Å²) in [6.07, 6.45) is 11.0. The normalized spacial score (nSPS) is 9.60. The van der Waals surface area contributed by atoms with Crippen molar-refractivity contribution in [3.8, 4) is 0 Å². The first-order valence-electron chi connectivity index (χ1n) is 10.1. The number of hydrogen-bond acceptors (Lipinski definition) is 2. The SMILES string of the molecule is C=C(C=NC)CCCC.CC(C)=O.CC(C)C.CCCCCC(C)C. The number of nitrogens with zero attached hydrogens (tertiary/aromatic N) is 1. The molecule has 0 unspecified atom stereocenters. The highest BCUT2D eigenvalue weighted by atomic mass is 16.1. The summed E-state index contributed by atoms with van der Waals surface area (Å²) in [7, 11) is 1.77. The lowest BCUT2D eigenvalue weighted by Gasteiger charge is -2.00. The largest absolute Gasteiger partial charge is 0.300 e. The highest BCUT2D eigenvalue weighted by Gasteiger charge is 1.90. The molecule has 0 saturated heterocycles. The van der Waals surface area contributed by atoms with Crippen LogP contribution in [0.15, 0.2) is 17.1 Å². The maximum Gasteiger partial charge on any atom is 0.126 e. The Morgan fingerprint density at radius 1 is 0.960 bits per heavy atom. The first kappa shape index (κ1) is 31.8. The predicted molar refractivity (Wildman–Crippen MR) is 119 cm³/mol. The Labute approximate surface area is 160 Å². The topological polar surface area (TPSA) is 29.4 Å². The van der Waals surface area contributed by atoms with Crippen LogP contribution >= 0.6 is 0 Å². The first-order chi connectivity index (χ1) is 11.5. The van der Waals surface area contributed by atoms with Crippen molar-refractivity contribution in [3.05, 3.63) is 12.2 Å². The molecule has 0 aromatic carbocycles. The molecule has 0 amide bonds. The van der Waals surface area contributed by atoms with Crippen LogP contribution in [0, 0.1) is 11.8 Å². The molecule has 0 atom stereocenters. The van der Waals surface area contributed by atoms with E-state index in [0.717, 1.165) is 23.8 Å². The Balaban J connectivity index is -0.000000126. The van der Waals surface area contributed by atoms with E-state index in [9.17, 15) is 4.79 Å². The highest BCUT2D eigenvalue weighted by Crippen LogP contribution is 2.06. The molecule has 0 aliphatic carbocycles. The van der Waals surface area contributed by atoms with Gasteiger partial charge in [-0.3, -0.25) is 4.99 Å². The second-order valence-electron chi connectivity index (χ2n) is 7.68. The molecule has 0 rings (SSSR count). The van der Waals surface area contributed by atoms with Crippen molar-refractivity contribution >= 4 is 12.0 Å². The van der Waals surface area contributed by atoms with Gasteiger partial charge in [0.05, 0.1) is 0 Å². The van der Waals surface area contributed by atoms with Gasteiger partial charge in [-0.2, -0.15) is 0 Å². The summed E-state index contributed by atoms with van der Waals surface area (Å²) in [6, 6.07) is 0. The van der Waals surface area contributed by atoms with Gasteiger partial charge < -0.3 is 4.79 Å². The van der Waals surface area contributed by atoms with Crippen molar-refractivity contribution in [2.75, 3.05) is 7.05 Å². The third kappa shape index (κ3) is 83.5. The lowest BCUT2D eigenvalue weighted by atomic mass is 10.1. The molecular weight excluding hydrogens is 306 g/mol. The molecule has 0 aromatic rings. The number of unbranched alkanes of at least 4 members (excludes halogenated alkanes) is 3. The fourth-order valence-electron chi connectivity index (χ4n) is 1.45. The molecule has 0 aromatic heterocycles. The minimum atomic E-state index is 0.167. The zero-order chi connectivity index (χ0) is 20.7. The van der Waals surface area contributed by atoms with Crippen molar-refractivity contribution in [3.63, 3.8) is 0 Å². The average molecular weight is 356 g/mol. The minimum Gasteiger partial charge on any atom is -0.300 e. The van der Waals surface area contributed by atoms with Gasteiger partial charge in [-0.25, -0.2) is 0 Å². The molecule has 152 valence electrons.